The van der Waals surface area contributed by atoms with E-state index in [1.807, 2.05) is 48.5 Å². The molecule has 0 aliphatic rings. The van der Waals surface area contributed by atoms with Gasteiger partial charge in [-0.25, -0.2) is 4.98 Å². The highest BCUT2D eigenvalue weighted by atomic mass is 16.3. The molecule has 4 nitrogen and oxygen atoms in total. The van der Waals surface area contributed by atoms with Gasteiger partial charge in [0.05, 0.1) is 17.1 Å². The van der Waals surface area contributed by atoms with Crippen molar-refractivity contribution in [1.82, 2.24) is 4.98 Å². The average molecular weight is 606 g/mol. The van der Waals surface area contributed by atoms with Crippen LogP contribution < -0.4 is 9.80 Å². The molecule has 47 heavy (non-hydrogen) atoms. The Hall–Kier alpha value is -6.39. The normalized spacial score (nSPS) is 11.0. The summed E-state index contributed by atoms with van der Waals surface area (Å²) in [6.45, 7) is 0. The molecular weight excluding hydrogens is 574 g/mol. The van der Waals surface area contributed by atoms with Crippen molar-refractivity contribution < 1.29 is 4.42 Å². The van der Waals surface area contributed by atoms with E-state index >= 15 is 0 Å². The molecule has 0 fully saturated rings. The Morgan fingerprint density at radius 1 is 0.383 bits per heavy atom. The highest BCUT2D eigenvalue weighted by Crippen LogP contribution is 2.47. The van der Waals surface area contributed by atoms with Crippen LogP contribution in [0.15, 0.2) is 192 Å². The van der Waals surface area contributed by atoms with Crippen LogP contribution in [-0.2, 0) is 0 Å². The highest BCUT2D eigenvalue weighted by Gasteiger charge is 2.25. The Balaban J connectivity index is 1.44. The van der Waals surface area contributed by atoms with Crippen molar-refractivity contribution in [2.24, 2.45) is 0 Å². The Bertz CT molecular complexity index is 2190. The monoisotopic (exact) mass is 605 g/mol. The third kappa shape index (κ3) is 5.54. The number of rotatable bonds is 8. The summed E-state index contributed by atoms with van der Waals surface area (Å²) in [6, 6.07) is 64.9. The van der Waals surface area contributed by atoms with E-state index in [-0.39, 0.29) is 0 Å². The van der Waals surface area contributed by atoms with E-state index < -0.39 is 0 Å². The summed E-state index contributed by atoms with van der Waals surface area (Å²) in [6.07, 6.45) is 0. The van der Waals surface area contributed by atoms with E-state index in [9.17, 15) is 0 Å². The Morgan fingerprint density at radius 3 is 1.43 bits per heavy atom. The van der Waals surface area contributed by atoms with Crippen molar-refractivity contribution in [2.75, 3.05) is 9.80 Å². The van der Waals surface area contributed by atoms with Crippen LogP contribution in [0.4, 0.5) is 34.1 Å². The lowest BCUT2D eigenvalue weighted by Gasteiger charge is -2.30. The lowest BCUT2D eigenvalue weighted by molar-refractivity contribution is 0.620. The minimum atomic E-state index is 0.578. The molecule has 0 saturated heterocycles. The quantitative estimate of drug-likeness (QED) is 0.172. The van der Waals surface area contributed by atoms with E-state index in [4.69, 9.17) is 9.40 Å². The second-order valence-corrected chi connectivity index (χ2v) is 11.3. The van der Waals surface area contributed by atoms with Gasteiger partial charge in [0.1, 0.15) is 5.52 Å². The summed E-state index contributed by atoms with van der Waals surface area (Å²) in [5, 5.41) is 0. The van der Waals surface area contributed by atoms with E-state index in [2.05, 4.69) is 149 Å². The molecule has 7 aromatic carbocycles. The zero-order valence-electron chi connectivity index (χ0n) is 25.6. The molecule has 1 heterocycles. The van der Waals surface area contributed by atoms with E-state index in [1.54, 1.807) is 0 Å². The van der Waals surface area contributed by atoms with E-state index in [0.29, 0.717) is 11.5 Å². The molecular formula is C43H31N3O. The predicted molar refractivity (Wildman–Crippen MR) is 194 cm³/mol. The first-order chi connectivity index (χ1) is 23.3. The zero-order chi connectivity index (χ0) is 31.4. The van der Waals surface area contributed by atoms with Gasteiger partial charge >= 0.3 is 0 Å². The summed E-state index contributed by atoms with van der Waals surface area (Å²) in [5.41, 5.74) is 10.6. The van der Waals surface area contributed by atoms with Crippen molar-refractivity contribution in [3.05, 3.63) is 188 Å². The highest BCUT2D eigenvalue weighted by molar-refractivity contribution is 6.01. The fraction of sp³-hybridized carbons (Fsp3) is 0. The number of aromatic nitrogens is 1. The largest absolute Gasteiger partial charge is 0.434 e. The van der Waals surface area contributed by atoms with Crippen LogP contribution in [0.2, 0.25) is 0 Å². The molecule has 4 heteroatoms. The summed E-state index contributed by atoms with van der Waals surface area (Å²) in [4.78, 5) is 9.67. The first-order valence-corrected chi connectivity index (χ1v) is 15.7. The molecule has 0 atom stereocenters. The van der Waals surface area contributed by atoms with Gasteiger partial charge in [0.15, 0.2) is 5.58 Å². The molecule has 0 aliphatic carbocycles. The van der Waals surface area contributed by atoms with Crippen molar-refractivity contribution in [3.8, 4) is 22.6 Å². The van der Waals surface area contributed by atoms with Gasteiger partial charge in [-0.3, -0.25) is 0 Å². The molecule has 224 valence electrons. The molecule has 0 N–H and O–H groups in total. The molecule has 8 rings (SSSR count). The lowest BCUT2D eigenvalue weighted by Crippen LogP contribution is -2.14. The SMILES string of the molecule is c1ccc(-c2nc3cc(N(c4ccccc4)c4ccccc4)cc(N(c4ccccc4)c4ccccc4-c4ccccc4)c3o2)cc1. The van der Waals surface area contributed by atoms with Gasteiger partial charge in [-0.2, -0.15) is 0 Å². The van der Waals surface area contributed by atoms with Crippen LogP contribution in [0, 0.1) is 0 Å². The average Bonchev–Trinajstić information content (AvgIpc) is 3.59. The predicted octanol–water partition coefficient (Wildman–Crippen LogP) is 12.1. The van der Waals surface area contributed by atoms with Gasteiger partial charge in [0, 0.05) is 28.2 Å². The second kappa shape index (κ2) is 12.5. The fourth-order valence-electron chi connectivity index (χ4n) is 6.12. The van der Waals surface area contributed by atoms with Crippen LogP contribution >= 0.6 is 0 Å². The number of anilines is 6. The number of hydrogen-bond donors (Lipinski definition) is 0. The maximum Gasteiger partial charge on any atom is 0.227 e. The minimum absolute atomic E-state index is 0.578. The van der Waals surface area contributed by atoms with Crippen LogP contribution in [0.1, 0.15) is 0 Å². The third-order valence-corrected chi connectivity index (χ3v) is 8.25. The molecule has 1 aromatic heterocycles. The van der Waals surface area contributed by atoms with Crippen molar-refractivity contribution in [3.63, 3.8) is 0 Å². The van der Waals surface area contributed by atoms with Crippen molar-refractivity contribution >= 4 is 45.2 Å². The molecule has 8 aromatic rings. The zero-order valence-corrected chi connectivity index (χ0v) is 25.6. The molecule has 0 aliphatic heterocycles. The van der Waals surface area contributed by atoms with Gasteiger partial charge in [0.2, 0.25) is 5.89 Å². The standard InChI is InChI=1S/C43H31N3O/c1-6-18-32(19-7-1)38-28-16-17-29-40(38)46(36-26-14-5-15-27-36)41-31-37(30-39-42(41)47-43(44-39)33-20-8-2-9-21-33)45(34-22-10-3-11-23-34)35-24-12-4-13-25-35/h1-31H. The first kappa shape index (κ1) is 28.1. The smallest absolute Gasteiger partial charge is 0.227 e. The number of fused-ring (bicyclic) bond motifs is 1. The number of hydrogen-bond acceptors (Lipinski definition) is 4. The van der Waals surface area contributed by atoms with Gasteiger partial charge in [-0.15, -0.1) is 0 Å². The fourth-order valence-corrected chi connectivity index (χ4v) is 6.12. The van der Waals surface area contributed by atoms with Crippen molar-refractivity contribution in [2.45, 2.75) is 0 Å². The van der Waals surface area contributed by atoms with Gasteiger partial charge in [0.25, 0.3) is 0 Å². The number of oxazole rings is 1. The van der Waals surface area contributed by atoms with Crippen LogP contribution in [0.3, 0.4) is 0 Å². The Morgan fingerprint density at radius 2 is 0.851 bits per heavy atom. The molecule has 0 radical (unpaired) electrons. The molecule has 0 amide bonds. The molecule has 0 saturated carbocycles. The summed E-state index contributed by atoms with van der Waals surface area (Å²) < 4.78 is 6.73. The number of nitrogens with zero attached hydrogens (tertiary/aromatic N) is 3. The summed E-state index contributed by atoms with van der Waals surface area (Å²) >= 11 is 0. The minimum Gasteiger partial charge on any atom is -0.434 e. The maximum absolute atomic E-state index is 6.73. The van der Waals surface area contributed by atoms with Crippen LogP contribution in [0.5, 0.6) is 0 Å². The van der Waals surface area contributed by atoms with Crippen LogP contribution in [0.25, 0.3) is 33.7 Å². The lowest BCUT2D eigenvalue weighted by atomic mass is 10.0. The van der Waals surface area contributed by atoms with E-state index in [1.165, 1.54) is 0 Å². The topological polar surface area (TPSA) is 32.5 Å². The van der Waals surface area contributed by atoms with Gasteiger partial charge < -0.3 is 14.2 Å². The first-order valence-electron chi connectivity index (χ1n) is 15.7. The van der Waals surface area contributed by atoms with Crippen molar-refractivity contribution in [1.29, 1.82) is 0 Å². The number of para-hydroxylation sites is 4. The Kier molecular flexibility index (Phi) is 7.50. The Labute approximate surface area is 274 Å². The van der Waals surface area contributed by atoms with Crippen LogP contribution in [-0.4, -0.2) is 4.98 Å². The maximum atomic E-state index is 6.73. The third-order valence-electron chi connectivity index (χ3n) is 8.25. The van der Waals surface area contributed by atoms with E-state index in [0.717, 1.165) is 56.3 Å². The van der Waals surface area contributed by atoms with Gasteiger partial charge in [-0.1, -0.05) is 121 Å². The van der Waals surface area contributed by atoms with Gasteiger partial charge in [-0.05, 0) is 72.3 Å². The molecule has 0 spiro atoms. The second-order valence-electron chi connectivity index (χ2n) is 11.3. The summed E-state index contributed by atoms with van der Waals surface area (Å²) in [7, 11) is 0. The number of benzene rings is 7. The molecule has 0 unspecified atom stereocenters. The summed E-state index contributed by atoms with van der Waals surface area (Å²) in [5.74, 6) is 0.578. The molecule has 0 bridgehead atoms.